The largest absolute Gasteiger partial charge is 0.323 e. The van der Waals surface area contributed by atoms with Crippen molar-refractivity contribution in [3.63, 3.8) is 0 Å². The van der Waals surface area contributed by atoms with E-state index in [1.54, 1.807) is 12.3 Å². The van der Waals surface area contributed by atoms with E-state index in [0.717, 1.165) is 17.3 Å². The molecule has 0 aromatic carbocycles. The molecule has 1 aromatic rings. The van der Waals surface area contributed by atoms with Crippen molar-refractivity contribution in [1.29, 1.82) is 0 Å². The van der Waals surface area contributed by atoms with Crippen molar-refractivity contribution < 1.29 is 4.79 Å². The minimum atomic E-state index is 0.0341. The lowest BCUT2D eigenvalue weighted by Crippen LogP contribution is -2.13. The number of carbonyl (C=O) groups excluding carboxylic acids is 1. The Hall–Kier alpha value is -0.610. The molecule has 0 aliphatic heterocycles. The number of aromatic nitrogens is 1. The van der Waals surface area contributed by atoms with Gasteiger partial charge in [-0.15, -0.1) is 0 Å². The van der Waals surface area contributed by atoms with Crippen LogP contribution in [0.2, 0.25) is 5.15 Å². The van der Waals surface area contributed by atoms with Gasteiger partial charge < -0.3 is 5.32 Å². The average molecular weight is 276 g/mol. The Kier molecular flexibility index (Phi) is 2.74. The molecule has 5 heteroatoms. The number of anilines is 1. The average Bonchev–Trinajstić information content (AvgIpc) is 2.94. The van der Waals surface area contributed by atoms with Crippen LogP contribution in [0, 0.1) is 5.92 Å². The summed E-state index contributed by atoms with van der Waals surface area (Å²) in [6.45, 7) is 0. The Morgan fingerprint density at radius 3 is 3.00 bits per heavy atom. The third-order valence-electron chi connectivity index (χ3n) is 2.01. The first-order valence-electron chi connectivity index (χ1n) is 4.29. The van der Waals surface area contributed by atoms with Crippen LogP contribution in [0.4, 0.5) is 5.69 Å². The van der Waals surface area contributed by atoms with Crippen LogP contribution in [0.15, 0.2) is 16.7 Å². The van der Waals surface area contributed by atoms with E-state index in [0.29, 0.717) is 10.8 Å². The molecule has 14 heavy (non-hydrogen) atoms. The van der Waals surface area contributed by atoms with Gasteiger partial charge in [-0.2, -0.15) is 0 Å². The fourth-order valence-corrected chi connectivity index (χ4v) is 1.57. The lowest BCUT2D eigenvalue weighted by molar-refractivity contribution is -0.117. The number of pyridine rings is 1. The van der Waals surface area contributed by atoms with Crippen LogP contribution in [0.25, 0.3) is 0 Å². The molecule has 0 saturated heterocycles. The van der Waals surface area contributed by atoms with Gasteiger partial charge in [0.15, 0.2) is 5.15 Å². The second kappa shape index (κ2) is 3.87. The van der Waals surface area contributed by atoms with E-state index in [-0.39, 0.29) is 11.8 Å². The predicted molar refractivity (Wildman–Crippen MR) is 58.3 cm³/mol. The molecule has 1 heterocycles. The minimum absolute atomic E-state index is 0.0341. The first-order chi connectivity index (χ1) is 6.66. The Labute approximate surface area is 95.0 Å². The number of hydrogen-bond acceptors (Lipinski definition) is 2. The summed E-state index contributed by atoms with van der Waals surface area (Å²) in [6.07, 6.45) is 3.55. The standard InChI is InChI=1S/C9H8BrClN2O/c10-6-3-7(8(11)12-4-6)13-9(14)5-1-2-5/h3-5H,1-2H2,(H,13,14). The molecule has 1 saturated carbocycles. The van der Waals surface area contributed by atoms with Gasteiger partial charge in [0.05, 0.1) is 5.69 Å². The highest BCUT2D eigenvalue weighted by Crippen LogP contribution is 2.31. The molecular weight excluding hydrogens is 267 g/mol. The van der Waals surface area contributed by atoms with Crippen LogP contribution in [0.1, 0.15) is 12.8 Å². The molecule has 0 radical (unpaired) electrons. The zero-order valence-electron chi connectivity index (χ0n) is 7.26. The topological polar surface area (TPSA) is 42.0 Å². The number of rotatable bonds is 2. The Morgan fingerprint density at radius 2 is 2.36 bits per heavy atom. The van der Waals surface area contributed by atoms with Crippen LogP contribution in [-0.2, 0) is 4.79 Å². The SMILES string of the molecule is O=C(Nc1cc(Br)cnc1Cl)C1CC1. The first-order valence-corrected chi connectivity index (χ1v) is 5.46. The number of hydrogen-bond donors (Lipinski definition) is 1. The molecule has 1 aliphatic carbocycles. The summed E-state index contributed by atoms with van der Waals surface area (Å²) in [6, 6.07) is 1.75. The number of amides is 1. The molecule has 2 rings (SSSR count). The quantitative estimate of drug-likeness (QED) is 0.843. The third kappa shape index (κ3) is 2.25. The fourth-order valence-electron chi connectivity index (χ4n) is 1.09. The van der Waals surface area contributed by atoms with Gasteiger partial charge >= 0.3 is 0 Å². The zero-order chi connectivity index (χ0) is 10.1. The highest BCUT2D eigenvalue weighted by atomic mass is 79.9. The van der Waals surface area contributed by atoms with Crippen molar-refractivity contribution in [2.75, 3.05) is 5.32 Å². The Morgan fingerprint density at radius 1 is 1.64 bits per heavy atom. The summed E-state index contributed by atoms with van der Waals surface area (Å²) in [5, 5.41) is 3.07. The molecule has 74 valence electrons. The maximum atomic E-state index is 11.4. The van der Waals surface area contributed by atoms with Crippen molar-refractivity contribution in [1.82, 2.24) is 4.98 Å². The molecule has 1 aromatic heterocycles. The summed E-state index contributed by atoms with van der Waals surface area (Å²) in [5.74, 6) is 0.205. The Bertz CT molecular complexity index is 379. The number of carbonyl (C=O) groups is 1. The number of nitrogens with zero attached hydrogens (tertiary/aromatic N) is 1. The lowest BCUT2D eigenvalue weighted by atomic mass is 10.3. The molecule has 0 spiro atoms. The summed E-state index contributed by atoms with van der Waals surface area (Å²) in [5.41, 5.74) is 0.568. The van der Waals surface area contributed by atoms with E-state index < -0.39 is 0 Å². The number of nitrogens with one attached hydrogen (secondary N) is 1. The van der Waals surface area contributed by atoms with Gasteiger partial charge in [0.25, 0.3) is 0 Å². The van der Waals surface area contributed by atoms with E-state index in [9.17, 15) is 4.79 Å². The van der Waals surface area contributed by atoms with Gasteiger partial charge in [-0.05, 0) is 34.8 Å². The second-order valence-electron chi connectivity index (χ2n) is 3.26. The van der Waals surface area contributed by atoms with Crippen LogP contribution in [-0.4, -0.2) is 10.9 Å². The molecule has 1 N–H and O–H groups in total. The van der Waals surface area contributed by atoms with Crippen molar-refractivity contribution in [2.24, 2.45) is 5.92 Å². The molecule has 0 bridgehead atoms. The predicted octanol–water partition coefficient (Wildman–Crippen LogP) is 2.85. The summed E-state index contributed by atoms with van der Waals surface area (Å²) < 4.78 is 0.799. The maximum Gasteiger partial charge on any atom is 0.227 e. The van der Waals surface area contributed by atoms with Gasteiger partial charge in [0.1, 0.15) is 0 Å². The summed E-state index contributed by atoms with van der Waals surface area (Å²) in [4.78, 5) is 15.3. The lowest BCUT2D eigenvalue weighted by Gasteiger charge is -2.05. The highest BCUT2D eigenvalue weighted by Gasteiger charge is 2.29. The zero-order valence-corrected chi connectivity index (χ0v) is 9.60. The van der Waals surface area contributed by atoms with Crippen LogP contribution < -0.4 is 5.32 Å². The van der Waals surface area contributed by atoms with E-state index >= 15 is 0 Å². The highest BCUT2D eigenvalue weighted by molar-refractivity contribution is 9.10. The van der Waals surface area contributed by atoms with Crippen molar-refractivity contribution in [3.8, 4) is 0 Å². The second-order valence-corrected chi connectivity index (χ2v) is 4.53. The van der Waals surface area contributed by atoms with Gasteiger partial charge in [-0.1, -0.05) is 11.6 Å². The van der Waals surface area contributed by atoms with Crippen molar-refractivity contribution in [3.05, 3.63) is 21.9 Å². The smallest absolute Gasteiger partial charge is 0.227 e. The molecule has 0 unspecified atom stereocenters. The van der Waals surface area contributed by atoms with E-state index in [1.165, 1.54) is 0 Å². The van der Waals surface area contributed by atoms with E-state index in [1.807, 2.05) is 0 Å². The maximum absolute atomic E-state index is 11.4. The van der Waals surface area contributed by atoms with Gasteiger partial charge in [0.2, 0.25) is 5.91 Å². The first kappa shape index (κ1) is 9.93. The molecule has 3 nitrogen and oxygen atoms in total. The molecule has 1 fully saturated rings. The minimum Gasteiger partial charge on any atom is -0.323 e. The van der Waals surface area contributed by atoms with Gasteiger partial charge in [0, 0.05) is 16.6 Å². The van der Waals surface area contributed by atoms with Crippen LogP contribution >= 0.6 is 27.5 Å². The summed E-state index contributed by atoms with van der Waals surface area (Å²) >= 11 is 9.09. The fraction of sp³-hybridized carbons (Fsp3) is 0.333. The summed E-state index contributed by atoms with van der Waals surface area (Å²) in [7, 11) is 0. The van der Waals surface area contributed by atoms with Crippen LogP contribution in [0.3, 0.4) is 0 Å². The van der Waals surface area contributed by atoms with Crippen LogP contribution in [0.5, 0.6) is 0 Å². The van der Waals surface area contributed by atoms with Crippen molar-refractivity contribution >= 4 is 39.1 Å². The molecular formula is C9H8BrClN2O. The van der Waals surface area contributed by atoms with Gasteiger partial charge in [-0.3, -0.25) is 4.79 Å². The Balaban J connectivity index is 2.14. The molecule has 0 atom stereocenters. The van der Waals surface area contributed by atoms with E-state index in [4.69, 9.17) is 11.6 Å². The molecule has 1 amide bonds. The van der Waals surface area contributed by atoms with E-state index in [2.05, 4.69) is 26.2 Å². The molecule has 1 aliphatic rings. The number of halogens is 2. The third-order valence-corrected chi connectivity index (χ3v) is 2.75. The normalized spacial score (nSPS) is 15.3. The van der Waals surface area contributed by atoms with Crippen molar-refractivity contribution in [2.45, 2.75) is 12.8 Å². The monoisotopic (exact) mass is 274 g/mol. The van der Waals surface area contributed by atoms with Gasteiger partial charge in [-0.25, -0.2) is 4.98 Å².